The van der Waals surface area contributed by atoms with Crippen LogP contribution in [-0.2, 0) is 6.42 Å². The first-order chi connectivity index (χ1) is 10.3. The van der Waals surface area contributed by atoms with Gasteiger partial charge in [-0.25, -0.2) is 4.98 Å². The number of anilines is 1. The molecule has 0 N–H and O–H groups in total. The van der Waals surface area contributed by atoms with Gasteiger partial charge in [0, 0.05) is 30.3 Å². The Morgan fingerprint density at radius 3 is 2.86 bits per heavy atom. The van der Waals surface area contributed by atoms with Crippen molar-refractivity contribution in [1.29, 1.82) is 0 Å². The zero-order valence-corrected chi connectivity index (χ0v) is 12.7. The molecule has 1 aromatic heterocycles. The second kappa shape index (κ2) is 5.26. The summed E-state index contributed by atoms with van der Waals surface area (Å²) in [7, 11) is 0. The predicted octanol–water partition coefficient (Wildman–Crippen LogP) is 3.66. The van der Waals surface area contributed by atoms with Crippen molar-refractivity contribution in [2.45, 2.75) is 31.6 Å². The smallest absolute Gasteiger partial charge is 0.186 e. The van der Waals surface area contributed by atoms with Crippen LogP contribution in [0, 0.1) is 0 Å². The summed E-state index contributed by atoms with van der Waals surface area (Å²) in [6.07, 6.45) is 3.85. The number of carbonyl (C=O) groups excluding carboxylic acids is 1. The fourth-order valence-corrected chi connectivity index (χ4v) is 4.48. The first-order valence-electron chi connectivity index (χ1n) is 7.64. The average Bonchev–Trinajstić information content (AvgIpc) is 3.15. The molecule has 1 saturated heterocycles. The number of hydrogen-bond acceptors (Lipinski definition) is 4. The molecule has 1 aliphatic heterocycles. The maximum absolute atomic E-state index is 11.9. The standard InChI is InChI=1S/C17H18N2OS/c20-14-7-4-8-15-16(14)18-17(21-15)19-10-9-13(11-19)12-5-2-1-3-6-12/h1-3,5-6,13H,4,7-11H2. The van der Waals surface area contributed by atoms with E-state index in [0.717, 1.165) is 36.8 Å². The third-order valence-electron chi connectivity index (χ3n) is 4.49. The SMILES string of the molecule is O=C1CCCc2sc(N3CCC(c4ccccc4)C3)nc21. The number of fused-ring (bicyclic) bond motifs is 1. The lowest BCUT2D eigenvalue weighted by molar-refractivity contribution is 0.0968. The summed E-state index contributed by atoms with van der Waals surface area (Å²) in [5.74, 6) is 0.820. The molecule has 1 atom stereocenters. The highest BCUT2D eigenvalue weighted by molar-refractivity contribution is 7.16. The van der Waals surface area contributed by atoms with Gasteiger partial charge in [0.2, 0.25) is 0 Å². The third-order valence-corrected chi connectivity index (χ3v) is 5.66. The Hall–Kier alpha value is -1.68. The number of thiazole rings is 1. The molecule has 1 aromatic carbocycles. The van der Waals surface area contributed by atoms with Gasteiger partial charge in [0.1, 0.15) is 5.69 Å². The first-order valence-corrected chi connectivity index (χ1v) is 8.46. The van der Waals surface area contributed by atoms with Crippen molar-refractivity contribution >= 4 is 22.3 Å². The Morgan fingerprint density at radius 1 is 1.19 bits per heavy atom. The number of aromatic nitrogens is 1. The van der Waals surface area contributed by atoms with Crippen molar-refractivity contribution < 1.29 is 4.79 Å². The van der Waals surface area contributed by atoms with E-state index in [1.54, 1.807) is 11.3 Å². The van der Waals surface area contributed by atoms with E-state index in [2.05, 4.69) is 40.2 Å². The van der Waals surface area contributed by atoms with E-state index in [1.807, 2.05) is 0 Å². The average molecular weight is 298 g/mol. The zero-order chi connectivity index (χ0) is 14.2. The van der Waals surface area contributed by atoms with E-state index in [4.69, 9.17) is 0 Å². The lowest BCUT2D eigenvalue weighted by Gasteiger charge is -2.15. The molecule has 0 amide bonds. The second-order valence-corrected chi connectivity index (χ2v) is 6.95. The lowest BCUT2D eigenvalue weighted by atomic mass is 9.99. The molecular formula is C17H18N2OS. The maximum Gasteiger partial charge on any atom is 0.186 e. The molecule has 4 heteroatoms. The summed E-state index contributed by atoms with van der Waals surface area (Å²) in [4.78, 5) is 20.1. The Morgan fingerprint density at radius 2 is 2.05 bits per heavy atom. The van der Waals surface area contributed by atoms with Crippen LogP contribution in [0.1, 0.15) is 46.1 Å². The maximum atomic E-state index is 11.9. The molecule has 0 spiro atoms. The van der Waals surface area contributed by atoms with Crippen molar-refractivity contribution in [3.05, 3.63) is 46.5 Å². The van der Waals surface area contributed by atoms with Crippen LogP contribution in [-0.4, -0.2) is 23.9 Å². The third kappa shape index (κ3) is 2.38. The molecule has 0 radical (unpaired) electrons. The zero-order valence-electron chi connectivity index (χ0n) is 11.9. The van der Waals surface area contributed by atoms with Crippen molar-refractivity contribution in [1.82, 2.24) is 4.98 Å². The van der Waals surface area contributed by atoms with E-state index < -0.39 is 0 Å². The predicted molar refractivity (Wildman–Crippen MR) is 85.4 cm³/mol. The summed E-state index contributed by atoms with van der Waals surface area (Å²) in [6.45, 7) is 2.06. The van der Waals surface area contributed by atoms with Gasteiger partial charge in [0.05, 0.1) is 0 Å². The summed E-state index contributed by atoms with van der Waals surface area (Å²) >= 11 is 1.73. The highest BCUT2D eigenvalue weighted by Gasteiger charge is 2.29. The topological polar surface area (TPSA) is 33.2 Å². The number of rotatable bonds is 2. The molecule has 2 heterocycles. The molecule has 1 aliphatic carbocycles. The van der Waals surface area contributed by atoms with E-state index in [1.165, 1.54) is 16.9 Å². The van der Waals surface area contributed by atoms with E-state index in [0.29, 0.717) is 12.3 Å². The van der Waals surface area contributed by atoms with Crippen molar-refractivity contribution in [2.75, 3.05) is 18.0 Å². The van der Waals surface area contributed by atoms with Crippen molar-refractivity contribution in [3.63, 3.8) is 0 Å². The molecule has 0 bridgehead atoms. The van der Waals surface area contributed by atoms with E-state index in [9.17, 15) is 4.79 Å². The first kappa shape index (κ1) is 13.0. The summed E-state index contributed by atoms with van der Waals surface area (Å²) < 4.78 is 0. The van der Waals surface area contributed by atoms with Gasteiger partial charge in [0.15, 0.2) is 10.9 Å². The quantitative estimate of drug-likeness (QED) is 0.848. The van der Waals surface area contributed by atoms with Crippen LogP contribution in [0.15, 0.2) is 30.3 Å². The number of carbonyl (C=O) groups is 1. The minimum absolute atomic E-state index is 0.234. The van der Waals surface area contributed by atoms with Gasteiger partial charge in [0.25, 0.3) is 0 Å². The Bertz CT molecular complexity index is 665. The Labute approximate surface area is 128 Å². The summed E-state index contributed by atoms with van der Waals surface area (Å²) in [6, 6.07) is 10.7. The van der Waals surface area contributed by atoms with Crippen LogP contribution in [0.3, 0.4) is 0 Å². The number of benzene rings is 1. The van der Waals surface area contributed by atoms with Crippen molar-refractivity contribution in [3.8, 4) is 0 Å². The monoisotopic (exact) mass is 298 g/mol. The van der Waals surface area contributed by atoms with Gasteiger partial charge in [-0.1, -0.05) is 30.3 Å². The molecule has 21 heavy (non-hydrogen) atoms. The minimum atomic E-state index is 0.234. The summed E-state index contributed by atoms with van der Waals surface area (Å²) in [5, 5.41) is 1.05. The van der Waals surface area contributed by atoms with Gasteiger partial charge >= 0.3 is 0 Å². The number of Topliss-reactive ketones (excluding diaryl/α,β-unsaturated/α-hetero) is 1. The highest BCUT2D eigenvalue weighted by atomic mass is 32.1. The van der Waals surface area contributed by atoms with Crippen LogP contribution in [0.5, 0.6) is 0 Å². The number of aryl methyl sites for hydroxylation is 1. The minimum Gasteiger partial charge on any atom is -0.347 e. The molecule has 0 saturated carbocycles. The largest absolute Gasteiger partial charge is 0.347 e. The molecule has 1 unspecified atom stereocenters. The van der Waals surface area contributed by atoms with Gasteiger partial charge < -0.3 is 4.90 Å². The second-order valence-electron chi connectivity index (χ2n) is 5.89. The number of ketones is 1. The van der Waals surface area contributed by atoms with Crippen LogP contribution in [0.2, 0.25) is 0 Å². The Balaban J connectivity index is 1.55. The highest BCUT2D eigenvalue weighted by Crippen LogP contribution is 2.36. The fraction of sp³-hybridized carbons (Fsp3) is 0.412. The fourth-order valence-electron chi connectivity index (χ4n) is 3.32. The van der Waals surface area contributed by atoms with Gasteiger partial charge in [-0.15, -0.1) is 11.3 Å². The molecular weight excluding hydrogens is 280 g/mol. The number of nitrogens with zero attached hydrogens (tertiary/aromatic N) is 2. The molecule has 108 valence electrons. The molecule has 1 fully saturated rings. The number of hydrogen-bond donors (Lipinski definition) is 0. The molecule has 2 aromatic rings. The normalized spacial score (nSPS) is 21.6. The van der Waals surface area contributed by atoms with Crippen LogP contribution >= 0.6 is 11.3 Å². The lowest BCUT2D eigenvalue weighted by Crippen LogP contribution is -2.19. The molecule has 4 rings (SSSR count). The van der Waals surface area contributed by atoms with Gasteiger partial charge in [-0.05, 0) is 24.8 Å². The molecule has 2 aliphatic rings. The Kier molecular flexibility index (Phi) is 3.26. The summed E-state index contributed by atoms with van der Waals surface area (Å²) in [5.41, 5.74) is 2.17. The van der Waals surface area contributed by atoms with Crippen molar-refractivity contribution in [2.24, 2.45) is 0 Å². The van der Waals surface area contributed by atoms with Crippen LogP contribution < -0.4 is 4.90 Å². The van der Waals surface area contributed by atoms with Gasteiger partial charge in [-0.2, -0.15) is 0 Å². The van der Waals surface area contributed by atoms with Gasteiger partial charge in [-0.3, -0.25) is 4.79 Å². The van der Waals surface area contributed by atoms with Crippen LogP contribution in [0.4, 0.5) is 5.13 Å². The molecule has 3 nitrogen and oxygen atoms in total. The van der Waals surface area contributed by atoms with E-state index >= 15 is 0 Å². The van der Waals surface area contributed by atoms with Crippen LogP contribution in [0.25, 0.3) is 0 Å². The van der Waals surface area contributed by atoms with E-state index in [-0.39, 0.29) is 5.78 Å².